The Kier molecular flexibility index (Phi) is 17.6. The SMILES string of the molecule is CCO[Si](CCl)(OCC)OCC.CCO[Si](OCC)(OCCCl)c1ccccc1. The Morgan fingerprint density at radius 3 is 1.45 bits per heavy atom. The summed E-state index contributed by atoms with van der Waals surface area (Å²) >= 11 is 11.4. The summed E-state index contributed by atoms with van der Waals surface area (Å²) in [4.78, 5) is 0. The molecule has 0 amide bonds. The first-order chi connectivity index (χ1) is 14.0. The van der Waals surface area contributed by atoms with Crippen molar-refractivity contribution < 1.29 is 26.6 Å². The van der Waals surface area contributed by atoms with Gasteiger partial charge in [-0.2, -0.15) is 0 Å². The molecule has 0 fully saturated rings. The van der Waals surface area contributed by atoms with Gasteiger partial charge in [-0.05, 0) is 34.6 Å². The van der Waals surface area contributed by atoms with E-state index >= 15 is 0 Å². The second kappa shape index (κ2) is 17.7. The summed E-state index contributed by atoms with van der Waals surface area (Å²) < 4.78 is 33.7. The van der Waals surface area contributed by atoms with E-state index in [-0.39, 0.29) is 0 Å². The van der Waals surface area contributed by atoms with E-state index in [1.807, 2.05) is 65.0 Å². The number of hydrogen-bond donors (Lipinski definition) is 0. The summed E-state index contributed by atoms with van der Waals surface area (Å²) in [6, 6.07) is 9.83. The van der Waals surface area contributed by atoms with E-state index < -0.39 is 17.6 Å². The van der Waals surface area contributed by atoms with Crippen molar-refractivity contribution >= 4 is 46.0 Å². The highest BCUT2D eigenvalue weighted by atomic mass is 35.5. The van der Waals surface area contributed by atoms with Crippen LogP contribution in [-0.4, -0.2) is 68.6 Å². The zero-order valence-corrected chi connectivity index (χ0v) is 21.8. The van der Waals surface area contributed by atoms with Gasteiger partial charge >= 0.3 is 17.6 Å². The van der Waals surface area contributed by atoms with Gasteiger partial charge in [0.1, 0.15) is 0 Å². The fourth-order valence-electron chi connectivity index (χ4n) is 2.47. The Morgan fingerprint density at radius 1 is 0.655 bits per heavy atom. The summed E-state index contributed by atoms with van der Waals surface area (Å²) in [7, 11) is -5.28. The molecule has 0 aliphatic carbocycles. The lowest BCUT2D eigenvalue weighted by Crippen LogP contribution is -2.57. The first-order valence-electron chi connectivity index (χ1n) is 10.0. The molecule has 10 heteroatoms. The van der Waals surface area contributed by atoms with Crippen molar-refractivity contribution in [1.29, 1.82) is 0 Å². The predicted molar refractivity (Wildman–Crippen MR) is 123 cm³/mol. The molecule has 170 valence electrons. The molecule has 29 heavy (non-hydrogen) atoms. The number of hydrogen-bond acceptors (Lipinski definition) is 6. The maximum Gasteiger partial charge on any atom is 0.537 e. The van der Waals surface area contributed by atoms with Gasteiger partial charge in [0.05, 0.1) is 12.1 Å². The Bertz CT molecular complexity index is 476. The minimum Gasteiger partial charge on any atom is -0.373 e. The molecule has 1 rings (SSSR count). The van der Waals surface area contributed by atoms with Gasteiger partial charge in [-0.15, -0.1) is 23.2 Å². The smallest absolute Gasteiger partial charge is 0.373 e. The number of alkyl halides is 2. The Labute approximate surface area is 188 Å². The quantitative estimate of drug-likeness (QED) is 0.276. The van der Waals surface area contributed by atoms with Gasteiger partial charge in [-0.3, -0.25) is 0 Å². The molecule has 0 bridgehead atoms. The average molecular weight is 488 g/mol. The third-order valence-corrected chi connectivity index (χ3v) is 10.0. The standard InChI is InChI=1S/C12H19ClO3Si.C7H17ClO3Si/c1-3-14-17(15-4-2,16-11-10-13)12-8-6-5-7-9-12;1-4-9-12(7-8,10-5-2)11-6-3/h5-9H,3-4,10-11H2,1-2H3;4-7H2,1-3H3. The van der Waals surface area contributed by atoms with E-state index in [1.54, 1.807) is 0 Å². The number of rotatable bonds is 15. The lowest BCUT2D eigenvalue weighted by molar-refractivity contribution is 0.0768. The number of halogens is 2. The molecular weight excluding hydrogens is 451 g/mol. The van der Waals surface area contributed by atoms with Crippen LogP contribution in [0, 0.1) is 0 Å². The molecule has 0 saturated heterocycles. The lowest BCUT2D eigenvalue weighted by atomic mass is 10.4. The molecular formula is C19H36Cl2O6Si2. The van der Waals surface area contributed by atoms with Gasteiger partial charge in [0.25, 0.3) is 0 Å². The van der Waals surface area contributed by atoms with Crippen LogP contribution in [0.2, 0.25) is 0 Å². The van der Waals surface area contributed by atoms with Crippen molar-refractivity contribution in [2.45, 2.75) is 34.6 Å². The van der Waals surface area contributed by atoms with E-state index in [0.717, 1.165) is 5.19 Å². The highest BCUT2D eigenvalue weighted by molar-refractivity contribution is 6.75. The Hall–Kier alpha value is -0.00623. The van der Waals surface area contributed by atoms with Crippen molar-refractivity contribution in [2.24, 2.45) is 0 Å². The summed E-state index contributed by atoms with van der Waals surface area (Å²) in [5.74, 6) is 0.432. The molecule has 0 aromatic heterocycles. The fourth-order valence-corrected chi connectivity index (χ4v) is 7.65. The van der Waals surface area contributed by atoms with Crippen LogP contribution < -0.4 is 5.19 Å². The predicted octanol–water partition coefficient (Wildman–Crippen LogP) is 3.97. The van der Waals surface area contributed by atoms with Crippen LogP contribution in [0.3, 0.4) is 0 Å². The Morgan fingerprint density at radius 2 is 1.10 bits per heavy atom. The molecule has 0 heterocycles. The summed E-state index contributed by atoms with van der Waals surface area (Å²) in [6.45, 7) is 12.9. The van der Waals surface area contributed by atoms with E-state index in [1.165, 1.54) is 0 Å². The molecule has 0 spiro atoms. The van der Waals surface area contributed by atoms with Gasteiger partial charge in [-0.1, -0.05) is 30.3 Å². The maximum atomic E-state index is 5.81. The summed E-state index contributed by atoms with van der Waals surface area (Å²) in [5, 5.41) is 0.980. The van der Waals surface area contributed by atoms with Crippen LogP contribution >= 0.6 is 23.2 Å². The van der Waals surface area contributed by atoms with Gasteiger partial charge in [0.15, 0.2) is 0 Å². The topological polar surface area (TPSA) is 55.4 Å². The van der Waals surface area contributed by atoms with E-state index in [2.05, 4.69) is 0 Å². The van der Waals surface area contributed by atoms with Crippen LogP contribution in [0.25, 0.3) is 0 Å². The summed E-state index contributed by atoms with van der Waals surface area (Å²) in [5.41, 5.74) is 0.322. The molecule has 0 aliphatic rings. The molecule has 0 aliphatic heterocycles. The van der Waals surface area contributed by atoms with Crippen molar-refractivity contribution in [1.82, 2.24) is 0 Å². The zero-order valence-electron chi connectivity index (χ0n) is 18.2. The number of benzene rings is 1. The summed E-state index contributed by atoms with van der Waals surface area (Å²) in [6.07, 6.45) is 0. The van der Waals surface area contributed by atoms with Crippen molar-refractivity contribution in [3.8, 4) is 0 Å². The third kappa shape index (κ3) is 10.7. The molecule has 6 nitrogen and oxygen atoms in total. The van der Waals surface area contributed by atoms with Crippen molar-refractivity contribution in [3.63, 3.8) is 0 Å². The van der Waals surface area contributed by atoms with Crippen LogP contribution in [0.4, 0.5) is 0 Å². The van der Waals surface area contributed by atoms with Gasteiger partial charge in [0.2, 0.25) is 0 Å². The molecule has 0 saturated carbocycles. The van der Waals surface area contributed by atoms with Crippen LogP contribution in [0.5, 0.6) is 0 Å². The minimum absolute atomic E-state index is 0.322. The molecule has 1 aromatic rings. The minimum atomic E-state index is -2.78. The first-order valence-corrected chi connectivity index (χ1v) is 14.8. The highest BCUT2D eigenvalue weighted by Gasteiger charge is 2.43. The van der Waals surface area contributed by atoms with E-state index in [9.17, 15) is 0 Å². The van der Waals surface area contributed by atoms with Crippen LogP contribution in [0.15, 0.2) is 30.3 Å². The van der Waals surface area contributed by atoms with E-state index in [0.29, 0.717) is 51.0 Å². The highest BCUT2D eigenvalue weighted by Crippen LogP contribution is 2.12. The van der Waals surface area contributed by atoms with Crippen molar-refractivity contribution in [3.05, 3.63) is 30.3 Å². The van der Waals surface area contributed by atoms with E-state index in [4.69, 9.17) is 49.8 Å². The lowest BCUT2D eigenvalue weighted by Gasteiger charge is -2.28. The van der Waals surface area contributed by atoms with Crippen LogP contribution in [-0.2, 0) is 26.6 Å². The van der Waals surface area contributed by atoms with Gasteiger partial charge in [0, 0.05) is 44.1 Å². The largest absolute Gasteiger partial charge is 0.537 e. The zero-order chi connectivity index (χ0) is 22.0. The third-order valence-electron chi connectivity index (χ3n) is 3.42. The van der Waals surface area contributed by atoms with Gasteiger partial charge < -0.3 is 26.6 Å². The fraction of sp³-hybridized carbons (Fsp3) is 0.684. The maximum absolute atomic E-state index is 5.81. The van der Waals surface area contributed by atoms with Crippen molar-refractivity contribution in [2.75, 3.05) is 51.0 Å². The molecule has 0 unspecified atom stereocenters. The second-order valence-corrected chi connectivity index (χ2v) is 11.7. The Balaban J connectivity index is 0.000000578. The molecule has 1 aromatic carbocycles. The molecule has 0 radical (unpaired) electrons. The first kappa shape index (κ1) is 29.0. The van der Waals surface area contributed by atoms with Gasteiger partial charge in [-0.25, -0.2) is 0 Å². The van der Waals surface area contributed by atoms with Crippen LogP contribution in [0.1, 0.15) is 34.6 Å². The average Bonchev–Trinajstić information content (AvgIpc) is 2.74. The monoisotopic (exact) mass is 486 g/mol. The molecule has 0 N–H and O–H groups in total. The second-order valence-electron chi connectivity index (χ2n) is 5.44. The normalized spacial score (nSPS) is 11.8. The molecule has 0 atom stereocenters.